The summed E-state index contributed by atoms with van der Waals surface area (Å²) in [6, 6.07) is 5.10. The van der Waals surface area contributed by atoms with E-state index in [0.717, 1.165) is 12.8 Å². The number of fused-ring (bicyclic) bond motifs is 1. The highest BCUT2D eigenvalue weighted by atomic mass is 16.5. The van der Waals surface area contributed by atoms with Crippen LogP contribution in [0.4, 0.5) is 0 Å². The van der Waals surface area contributed by atoms with Crippen LogP contribution in [0.2, 0.25) is 0 Å². The topological polar surface area (TPSA) is 95.9 Å². The summed E-state index contributed by atoms with van der Waals surface area (Å²) in [4.78, 5) is 37.1. The predicted octanol–water partition coefficient (Wildman–Crippen LogP) is 1.55. The van der Waals surface area contributed by atoms with Gasteiger partial charge in [-0.05, 0) is 36.6 Å². The van der Waals surface area contributed by atoms with Crippen LogP contribution in [-0.2, 0) is 9.59 Å². The van der Waals surface area contributed by atoms with E-state index >= 15 is 0 Å². The van der Waals surface area contributed by atoms with Gasteiger partial charge in [0.05, 0.1) is 18.5 Å². The van der Waals surface area contributed by atoms with E-state index in [9.17, 15) is 14.4 Å². The first-order valence-electron chi connectivity index (χ1n) is 8.16. The van der Waals surface area contributed by atoms with E-state index < -0.39 is 11.5 Å². The maximum absolute atomic E-state index is 12.7. The molecular weight excluding hydrogens is 324 g/mol. The van der Waals surface area contributed by atoms with Crippen LogP contribution in [0.15, 0.2) is 24.3 Å². The van der Waals surface area contributed by atoms with Gasteiger partial charge in [-0.2, -0.15) is 0 Å². The Balaban J connectivity index is 1.84. The second-order valence-electron chi connectivity index (χ2n) is 6.49. The highest BCUT2D eigenvalue weighted by molar-refractivity contribution is 6.01. The standard InChI is InChI=1S/C18H20N2O5/c1-12(21)20-8-2-7-18(11-20)10-15(22)14-9-13(3-5-16(14)25-18)4-6-17(23)19-24/h3-6,9,24H,2,7-8,10-11H2,1H3,(H,19,23). The van der Waals surface area contributed by atoms with Crippen LogP contribution in [0.5, 0.6) is 5.75 Å². The molecule has 1 aromatic carbocycles. The number of Topliss-reactive ketones (excluding diaryl/α,β-unsaturated/α-hetero) is 1. The zero-order valence-electron chi connectivity index (χ0n) is 13.9. The molecule has 0 aliphatic carbocycles. The molecule has 2 amide bonds. The lowest BCUT2D eigenvalue weighted by molar-refractivity contribution is -0.134. The molecule has 0 aromatic heterocycles. The van der Waals surface area contributed by atoms with Gasteiger partial charge in [-0.15, -0.1) is 0 Å². The first kappa shape index (κ1) is 17.2. The van der Waals surface area contributed by atoms with Gasteiger partial charge in [0, 0.05) is 19.5 Å². The number of carbonyl (C=O) groups excluding carboxylic acids is 3. The number of ether oxygens (including phenoxy) is 1. The van der Waals surface area contributed by atoms with Crippen LogP contribution >= 0.6 is 0 Å². The minimum absolute atomic E-state index is 0.0106. The van der Waals surface area contributed by atoms with Crippen molar-refractivity contribution >= 4 is 23.7 Å². The third-order valence-electron chi connectivity index (χ3n) is 4.64. The number of piperidine rings is 1. The van der Waals surface area contributed by atoms with Crippen molar-refractivity contribution in [1.29, 1.82) is 0 Å². The predicted molar refractivity (Wildman–Crippen MR) is 89.2 cm³/mol. The fourth-order valence-corrected chi connectivity index (χ4v) is 3.42. The fraction of sp³-hybridized carbons (Fsp3) is 0.389. The number of carbonyl (C=O) groups is 3. The van der Waals surface area contributed by atoms with Gasteiger partial charge in [0.25, 0.3) is 5.91 Å². The minimum Gasteiger partial charge on any atom is -0.484 e. The van der Waals surface area contributed by atoms with E-state index in [4.69, 9.17) is 9.94 Å². The molecule has 0 saturated carbocycles. The molecule has 7 nitrogen and oxygen atoms in total. The summed E-state index contributed by atoms with van der Waals surface area (Å²) in [7, 11) is 0. The molecule has 2 aliphatic rings. The van der Waals surface area contributed by atoms with E-state index in [-0.39, 0.29) is 18.1 Å². The van der Waals surface area contributed by atoms with Crippen LogP contribution < -0.4 is 10.2 Å². The molecule has 1 atom stereocenters. The molecule has 1 spiro atoms. The van der Waals surface area contributed by atoms with Gasteiger partial charge < -0.3 is 9.64 Å². The molecule has 0 radical (unpaired) electrons. The number of amides is 2. The molecule has 0 bridgehead atoms. The average molecular weight is 344 g/mol. The summed E-state index contributed by atoms with van der Waals surface area (Å²) in [5.41, 5.74) is 1.98. The second kappa shape index (κ2) is 6.68. The molecule has 2 N–H and O–H groups in total. The van der Waals surface area contributed by atoms with E-state index in [2.05, 4.69) is 0 Å². The highest BCUT2D eigenvalue weighted by Crippen LogP contribution is 2.38. The van der Waals surface area contributed by atoms with Crippen molar-refractivity contribution in [2.45, 2.75) is 31.8 Å². The zero-order chi connectivity index (χ0) is 18.0. The number of hydrogen-bond donors (Lipinski definition) is 2. The molecule has 1 saturated heterocycles. The minimum atomic E-state index is -0.651. The summed E-state index contributed by atoms with van der Waals surface area (Å²) in [6.45, 7) is 2.64. The Hall–Kier alpha value is -2.67. The van der Waals surface area contributed by atoms with Crippen molar-refractivity contribution in [3.8, 4) is 5.75 Å². The molecule has 1 fully saturated rings. The number of nitrogens with zero attached hydrogens (tertiary/aromatic N) is 1. The van der Waals surface area contributed by atoms with Gasteiger partial charge in [-0.25, -0.2) is 5.48 Å². The third-order valence-corrected chi connectivity index (χ3v) is 4.64. The van der Waals surface area contributed by atoms with Gasteiger partial charge in [0.1, 0.15) is 11.4 Å². The molecular formula is C18H20N2O5. The molecule has 7 heteroatoms. The van der Waals surface area contributed by atoms with E-state index in [1.54, 1.807) is 23.1 Å². The lowest BCUT2D eigenvalue weighted by atomic mass is 9.83. The smallest absolute Gasteiger partial charge is 0.267 e. The fourth-order valence-electron chi connectivity index (χ4n) is 3.42. The Bertz CT molecular complexity index is 758. The summed E-state index contributed by atoms with van der Waals surface area (Å²) in [5, 5.41) is 8.50. The first-order chi connectivity index (χ1) is 11.9. The lowest BCUT2D eigenvalue weighted by Crippen LogP contribution is -2.55. The average Bonchev–Trinajstić information content (AvgIpc) is 2.59. The summed E-state index contributed by atoms with van der Waals surface area (Å²) in [5.74, 6) is -0.187. The summed E-state index contributed by atoms with van der Waals surface area (Å²) >= 11 is 0. The van der Waals surface area contributed by atoms with E-state index in [0.29, 0.717) is 30.0 Å². The van der Waals surface area contributed by atoms with E-state index in [1.165, 1.54) is 24.6 Å². The van der Waals surface area contributed by atoms with Gasteiger partial charge in [0.15, 0.2) is 5.78 Å². The Morgan fingerprint density at radius 1 is 1.40 bits per heavy atom. The Labute approximate surface area is 145 Å². The molecule has 2 heterocycles. The van der Waals surface area contributed by atoms with E-state index in [1.807, 2.05) is 0 Å². The second-order valence-corrected chi connectivity index (χ2v) is 6.49. The number of likely N-dealkylation sites (tertiary alicyclic amines) is 1. The first-order valence-corrected chi connectivity index (χ1v) is 8.16. The van der Waals surface area contributed by atoms with Crippen molar-refractivity contribution in [1.82, 2.24) is 10.4 Å². The highest BCUT2D eigenvalue weighted by Gasteiger charge is 2.44. The van der Waals surface area contributed by atoms with Crippen LogP contribution in [0, 0.1) is 0 Å². The number of nitrogens with one attached hydrogen (secondary N) is 1. The van der Waals surface area contributed by atoms with Gasteiger partial charge in [-0.3, -0.25) is 19.6 Å². The van der Waals surface area contributed by atoms with Crippen molar-refractivity contribution in [2.75, 3.05) is 13.1 Å². The number of ketones is 1. The SMILES string of the molecule is CC(=O)N1CCCC2(CC(=O)c3cc(C=CC(=O)NO)ccc3O2)C1. The molecule has 1 unspecified atom stereocenters. The van der Waals surface area contributed by atoms with Crippen molar-refractivity contribution in [3.63, 3.8) is 0 Å². The Kier molecular flexibility index (Phi) is 4.59. The van der Waals surface area contributed by atoms with Gasteiger partial charge >= 0.3 is 0 Å². The van der Waals surface area contributed by atoms with Crippen LogP contribution in [0.1, 0.15) is 42.1 Å². The van der Waals surface area contributed by atoms with Crippen molar-refractivity contribution in [2.24, 2.45) is 0 Å². The maximum atomic E-state index is 12.7. The van der Waals surface area contributed by atoms with Crippen LogP contribution in [0.3, 0.4) is 0 Å². The molecule has 132 valence electrons. The molecule has 2 aliphatic heterocycles. The van der Waals surface area contributed by atoms with Crippen molar-refractivity contribution < 1.29 is 24.3 Å². The van der Waals surface area contributed by atoms with Gasteiger partial charge in [0.2, 0.25) is 5.91 Å². The van der Waals surface area contributed by atoms with Crippen LogP contribution in [-0.4, -0.2) is 46.4 Å². The number of benzene rings is 1. The lowest BCUT2D eigenvalue weighted by Gasteiger charge is -2.44. The summed E-state index contributed by atoms with van der Waals surface area (Å²) < 4.78 is 6.15. The molecule has 25 heavy (non-hydrogen) atoms. The normalized spacial score (nSPS) is 22.6. The quantitative estimate of drug-likeness (QED) is 0.482. The molecule has 3 rings (SSSR count). The summed E-state index contributed by atoms with van der Waals surface area (Å²) in [6.07, 6.45) is 4.44. The third kappa shape index (κ3) is 3.56. The Morgan fingerprint density at radius 3 is 2.92 bits per heavy atom. The number of rotatable bonds is 2. The van der Waals surface area contributed by atoms with Gasteiger partial charge in [-0.1, -0.05) is 6.07 Å². The number of hydrogen-bond acceptors (Lipinski definition) is 5. The largest absolute Gasteiger partial charge is 0.484 e. The Morgan fingerprint density at radius 2 is 2.20 bits per heavy atom. The van der Waals surface area contributed by atoms with Crippen LogP contribution in [0.25, 0.3) is 6.08 Å². The maximum Gasteiger partial charge on any atom is 0.267 e. The monoisotopic (exact) mass is 344 g/mol. The molecule has 1 aromatic rings. The zero-order valence-corrected chi connectivity index (χ0v) is 13.9. The van der Waals surface area contributed by atoms with Crippen molar-refractivity contribution in [3.05, 3.63) is 35.4 Å². The number of hydroxylamine groups is 1.